The Morgan fingerprint density at radius 2 is 1.56 bits per heavy atom. The first-order valence-electron chi connectivity index (χ1n) is 11.8. The van der Waals surface area contributed by atoms with Gasteiger partial charge in [-0.3, -0.25) is 9.59 Å². The van der Waals surface area contributed by atoms with Crippen molar-refractivity contribution in [1.29, 1.82) is 0 Å². The molecule has 0 aromatic heterocycles. The summed E-state index contributed by atoms with van der Waals surface area (Å²) in [7, 11) is 3.54. The third kappa shape index (κ3) is 6.88. The van der Waals surface area contributed by atoms with E-state index in [1.54, 1.807) is 44.7 Å². The van der Waals surface area contributed by atoms with Crippen LogP contribution in [-0.2, 0) is 27.2 Å². The van der Waals surface area contributed by atoms with Crippen LogP contribution in [0.5, 0.6) is 0 Å². The Hall–Kier alpha value is -3.79. The lowest BCUT2D eigenvalue weighted by Gasteiger charge is -2.20. The van der Waals surface area contributed by atoms with Gasteiger partial charge in [-0.2, -0.15) is 0 Å². The van der Waals surface area contributed by atoms with Crippen LogP contribution in [0.25, 0.3) is 0 Å². The quantitative estimate of drug-likeness (QED) is 0.465. The smallest absolute Gasteiger partial charge is 0.407 e. The van der Waals surface area contributed by atoms with Gasteiger partial charge in [0.05, 0.1) is 18.9 Å². The first-order valence-corrected chi connectivity index (χ1v) is 11.8. The summed E-state index contributed by atoms with van der Waals surface area (Å²) >= 11 is 0. The SMILES string of the molecule is CN1C(=O)Cc2cc(N)ccc21.CN1C(=O)Cc2cc(NC[C@@H](O)CNC(=O)OC(C)(C)C)ccc21. The van der Waals surface area contributed by atoms with Gasteiger partial charge >= 0.3 is 6.09 Å². The van der Waals surface area contributed by atoms with Crippen LogP contribution >= 0.6 is 0 Å². The molecule has 2 aliphatic rings. The minimum atomic E-state index is -0.755. The van der Waals surface area contributed by atoms with E-state index in [0.717, 1.165) is 33.9 Å². The number of aliphatic hydroxyl groups excluding tert-OH is 1. The van der Waals surface area contributed by atoms with Crippen LogP contribution in [0.3, 0.4) is 0 Å². The number of nitrogens with one attached hydrogen (secondary N) is 2. The molecule has 0 radical (unpaired) electrons. The monoisotopic (exact) mass is 497 g/mol. The average Bonchev–Trinajstić information content (AvgIpc) is 3.23. The normalized spacial score (nSPS) is 15.1. The molecule has 2 aromatic rings. The number of likely N-dealkylation sites (N-methyl/N-ethyl adjacent to an activating group) is 2. The summed E-state index contributed by atoms with van der Waals surface area (Å²) in [4.78, 5) is 37.7. The average molecular weight is 498 g/mol. The molecule has 0 unspecified atom stereocenters. The molecule has 2 aliphatic heterocycles. The summed E-state index contributed by atoms with van der Waals surface area (Å²) in [6, 6.07) is 11.2. The fourth-order valence-corrected chi connectivity index (χ4v) is 3.89. The number of nitrogens with zero attached hydrogens (tertiary/aromatic N) is 2. The Balaban J connectivity index is 0.000000249. The highest BCUT2D eigenvalue weighted by Gasteiger charge is 2.24. The number of carbonyl (C=O) groups is 3. The maximum atomic E-state index is 11.7. The van der Waals surface area contributed by atoms with E-state index in [2.05, 4.69) is 10.6 Å². The van der Waals surface area contributed by atoms with Gasteiger partial charge in [0.2, 0.25) is 11.8 Å². The van der Waals surface area contributed by atoms with Gasteiger partial charge in [0.15, 0.2) is 0 Å². The molecule has 0 aliphatic carbocycles. The summed E-state index contributed by atoms with van der Waals surface area (Å²) in [5.74, 6) is 0.208. The largest absolute Gasteiger partial charge is 0.444 e. The zero-order valence-corrected chi connectivity index (χ0v) is 21.4. The number of rotatable bonds is 5. The number of fused-ring (bicyclic) bond motifs is 2. The molecule has 0 saturated heterocycles. The van der Waals surface area contributed by atoms with Gasteiger partial charge in [-0.1, -0.05) is 0 Å². The minimum absolute atomic E-state index is 0.0729. The second-order valence-electron chi connectivity index (χ2n) is 9.91. The maximum Gasteiger partial charge on any atom is 0.407 e. The Morgan fingerprint density at radius 1 is 1.00 bits per heavy atom. The topological polar surface area (TPSA) is 137 Å². The van der Waals surface area contributed by atoms with Crippen LogP contribution in [0.15, 0.2) is 36.4 Å². The third-order valence-electron chi connectivity index (χ3n) is 5.76. The number of alkyl carbamates (subject to hydrolysis) is 1. The van der Waals surface area contributed by atoms with Crippen molar-refractivity contribution in [2.45, 2.75) is 45.3 Å². The van der Waals surface area contributed by atoms with E-state index in [4.69, 9.17) is 10.5 Å². The van der Waals surface area contributed by atoms with Crippen LogP contribution in [0.2, 0.25) is 0 Å². The van der Waals surface area contributed by atoms with Crippen LogP contribution in [0.4, 0.5) is 27.5 Å². The highest BCUT2D eigenvalue weighted by Crippen LogP contribution is 2.30. The molecule has 4 rings (SSSR count). The van der Waals surface area contributed by atoms with E-state index >= 15 is 0 Å². The Kier molecular flexibility index (Phi) is 8.09. The lowest BCUT2D eigenvalue weighted by molar-refractivity contribution is -0.117. The third-order valence-corrected chi connectivity index (χ3v) is 5.76. The van der Waals surface area contributed by atoms with E-state index in [0.29, 0.717) is 12.8 Å². The zero-order valence-electron chi connectivity index (χ0n) is 21.4. The summed E-state index contributed by atoms with van der Waals surface area (Å²) in [6.07, 6.45) is -0.434. The molecular weight excluding hydrogens is 462 g/mol. The predicted octanol–water partition coefficient (Wildman–Crippen LogP) is 2.29. The number of aliphatic hydroxyl groups is 1. The van der Waals surface area contributed by atoms with E-state index in [-0.39, 0.29) is 24.9 Å². The number of anilines is 4. The number of hydrogen-bond acceptors (Lipinski definition) is 7. The number of hydrogen-bond donors (Lipinski definition) is 4. The summed E-state index contributed by atoms with van der Waals surface area (Å²) < 4.78 is 5.10. The lowest BCUT2D eigenvalue weighted by Crippen LogP contribution is -2.39. The van der Waals surface area contributed by atoms with Crippen molar-refractivity contribution in [3.63, 3.8) is 0 Å². The Bertz CT molecular complexity index is 1140. The van der Waals surface area contributed by atoms with E-state index in [1.807, 2.05) is 36.4 Å². The van der Waals surface area contributed by atoms with E-state index < -0.39 is 17.8 Å². The van der Waals surface area contributed by atoms with Crippen LogP contribution in [-0.4, -0.2) is 61.9 Å². The van der Waals surface area contributed by atoms with Gasteiger partial charge in [0.1, 0.15) is 5.60 Å². The van der Waals surface area contributed by atoms with Gasteiger partial charge in [-0.25, -0.2) is 4.79 Å². The molecule has 0 bridgehead atoms. The van der Waals surface area contributed by atoms with Crippen LogP contribution in [0.1, 0.15) is 31.9 Å². The zero-order chi connectivity index (χ0) is 26.6. The summed E-state index contributed by atoms with van der Waals surface area (Å²) in [6.45, 7) is 5.70. The van der Waals surface area contributed by atoms with Crippen molar-refractivity contribution in [1.82, 2.24) is 5.32 Å². The van der Waals surface area contributed by atoms with Gasteiger partial charge in [0, 0.05) is 49.9 Å². The Labute approximate surface area is 211 Å². The number of nitrogen functional groups attached to an aromatic ring is 1. The van der Waals surface area contributed by atoms with Crippen LogP contribution in [0, 0.1) is 0 Å². The van der Waals surface area contributed by atoms with Crippen LogP contribution < -0.4 is 26.2 Å². The molecule has 3 amide bonds. The minimum Gasteiger partial charge on any atom is -0.444 e. The molecule has 5 N–H and O–H groups in total. The highest BCUT2D eigenvalue weighted by atomic mass is 16.6. The molecule has 0 fully saturated rings. The molecule has 10 nitrogen and oxygen atoms in total. The number of benzene rings is 2. The molecule has 1 atom stereocenters. The number of nitrogens with two attached hydrogens (primary N) is 1. The van der Waals surface area contributed by atoms with E-state index in [9.17, 15) is 19.5 Å². The van der Waals surface area contributed by atoms with Crippen molar-refractivity contribution in [3.8, 4) is 0 Å². The number of carbonyl (C=O) groups excluding carboxylic acids is 3. The first-order chi connectivity index (χ1) is 16.8. The first kappa shape index (κ1) is 26.8. The van der Waals surface area contributed by atoms with Crippen molar-refractivity contribution in [2.75, 3.05) is 48.0 Å². The molecule has 36 heavy (non-hydrogen) atoms. The fraction of sp³-hybridized carbons (Fsp3) is 0.423. The van der Waals surface area contributed by atoms with Crippen molar-refractivity contribution in [3.05, 3.63) is 47.5 Å². The van der Waals surface area contributed by atoms with E-state index in [1.165, 1.54) is 0 Å². The second-order valence-corrected chi connectivity index (χ2v) is 9.91. The standard InChI is InChI=1S/C17H25N3O4.C9H10N2O/c1-17(2,3)24-16(23)19-10-13(21)9-18-12-5-6-14-11(7-12)8-15(22)20(14)4;1-11-8-3-2-7(10)4-6(8)5-9(11)12/h5-7,13,18,21H,8-10H2,1-4H3,(H,19,23);2-4H,5,10H2,1H3/t13-;/m1./s1. The maximum absolute atomic E-state index is 11.7. The van der Waals surface area contributed by atoms with Gasteiger partial charge in [-0.15, -0.1) is 0 Å². The summed E-state index contributed by atoms with van der Waals surface area (Å²) in [5, 5.41) is 15.6. The number of amides is 3. The predicted molar refractivity (Wildman–Crippen MR) is 140 cm³/mol. The van der Waals surface area contributed by atoms with Crippen molar-refractivity contribution in [2.24, 2.45) is 0 Å². The molecule has 0 saturated carbocycles. The molecular formula is C26H35N5O5. The number of ether oxygens (including phenoxy) is 1. The molecule has 10 heteroatoms. The molecule has 2 heterocycles. The molecule has 2 aromatic carbocycles. The molecule has 194 valence electrons. The van der Waals surface area contributed by atoms with Gasteiger partial charge in [0.25, 0.3) is 0 Å². The van der Waals surface area contributed by atoms with Crippen molar-refractivity contribution < 1.29 is 24.2 Å². The second kappa shape index (κ2) is 10.9. The summed E-state index contributed by atoms with van der Waals surface area (Å²) in [5.41, 5.74) is 10.5. The van der Waals surface area contributed by atoms with Gasteiger partial charge in [-0.05, 0) is 68.3 Å². The lowest BCUT2D eigenvalue weighted by atomic mass is 10.1. The Morgan fingerprint density at radius 3 is 2.14 bits per heavy atom. The highest BCUT2D eigenvalue weighted by molar-refractivity contribution is 6.02. The fourth-order valence-electron chi connectivity index (χ4n) is 3.89. The van der Waals surface area contributed by atoms with Gasteiger partial charge < -0.3 is 36.0 Å². The van der Waals surface area contributed by atoms with Crippen molar-refractivity contribution >= 4 is 40.7 Å². The molecule has 0 spiro atoms.